The van der Waals surface area contributed by atoms with Gasteiger partial charge in [-0.15, -0.1) is 0 Å². The molecule has 1 heterocycles. The summed E-state index contributed by atoms with van der Waals surface area (Å²) in [6.45, 7) is 5.24. The maximum atomic E-state index is 12.4. The van der Waals surface area contributed by atoms with Gasteiger partial charge in [-0.25, -0.2) is 0 Å². The molecule has 0 bridgehead atoms. The smallest absolute Gasteiger partial charge is 0.237 e. The number of carbonyl (C=O) groups is 1. The van der Waals surface area contributed by atoms with E-state index in [2.05, 4.69) is 36.1 Å². The second-order valence-electron chi connectivity index (χ2n) is 7.13. The zero-order valence-corrected chi connectivity index (χ0v) is 14.1. The van der Waals surface area contributed by atoms with Crippen LogP contribution >= 0.6 is 0 Å². The highest BCUT2D eigenvalue weighted by atomic mass is 16.2. The number of nitrogens with one attached hydrogen (secondary N) is 1. The topological polar surface area (TPSA) is 35.6 Å². The molecule has 1 aliphatic carbocycles. The maximum absolute atomic E-state index is 12.4. The van der Waals surface area contributed by atoms with Gasteiger partial charge in [-0.3, -0.25) is 9.69 Å². The van der Waals surface area contributed by atoms with E-state index in [1.165, 1.54) is 44.9 Å². The first-order valence-electron chi connectivity index (χ1n) is 8.76. The number of likely N-dealkylation sites (N-methyl/N-ethyl adjacent to an activating group) is 1. The van der Waals surface area contributed by atoms with Gasteiger partial charge in [0.05, 0.1) is 6.04 Å². The van der Waals surface area contributed by atoms with Gasteiger partial charge >= 0.3 is 0 Å². The minimum Gasteiger partial charge on any atom is -0.354 e. The summed E-state index contributed by atoms with van der Waals surface area (Å²) in [5, 5.41) is 3.19. The number of amides is 1. The lowest BCUT2D eigenvalue weighted by atomic mass is 9.93. The Labute approximate surface area is 130 Å². The molecule has 4 heteroatoms. The molecule has 1 amide bonds. The lowest BCUT2D eigenvalue weighted by Gasteiger charge is -2.35. The van der Waals surface area contributed by atoms with Crippen LogP contribution in [-0.2, 0) is 4.79 Å². The van der Waals surface area contributed by atoms with Crippen molar-refractivity contribution >= 4 is 5.91 Å². The van der Waals surface area contributed by atoms with E-state index < -0.39 is 0 Å². The largest absolute Gasteiger partial charge is 0.354 e. The SMILES string of the molecule is CC(C(=O)NCC1CCN(C)CC1)N(C)C1CCCCC1. The first-order valence-corrected chi connectivity index (χ1v) is 8.76. The molecule has 2 rings (SSSR count). The molecule has 0 aromatic rings. The van der Waals surface area contributed by atoms with E-state index in [9.17, 15) is 4.79 Å². The van der Waals surface area contributed by atoms with Gasteiger partial charge in [-0.2, -0.15) is 0 Å². The van der Waals surface area contributed by atoms with Crippen LogP contribution < -0.4 is 5.32 Å². The molecule has 0 aromatic heterocycles. The molecule has 4 nitrogen and oxygen atoms in total. The minimum atomic E-state index is -0.000589. The molecule has 0 radical (unpaired) electrons. The average Bonchev–Trinajstić information content (AvgIpc) is 2.53. The summed E-state index contributed by atoms with van der Waals surface area (Å²) in [4.78, 5) is 17.0. The monoisotopic (exact) mass is 295 g/mol. The van der Waals surface area contributed by atoms with Crippen molar-refractivity contribution in [2.45, 2.75) is 64.0 Å². The third-order valence-corrected chi connectivity index (χ3v) is 5.54. The minimum absolute atomic E-state index is 0.000589. The number of likely N-dealkylation sites (tertiary alicyclic amines) is 1. The Bertz CT molecular complexity index is 320. The first-order chi connectivity index (χ1) is 10.1. The van der Waals surface area contributed by atoms with Gasteiger partial charge in [0.25, 0.3) is 0 Å². The molecule has 0 spiro atoms. The first kappa shape index (κ1) is 16.8. The van der Waals surface area contributed by atoms with Crippen molar-refractivity contribution in [3.05, 3.63) is 0 Å². The Morgan fingerprint density at radius 2 is 1.81 bits per heavy atom. The fourth-order valence-electron chi connectivity index (χ4n) is 3.65. The highest BCUT2D eigenvalue weighted by Gasteiger charge is 2.26. The normalized spacial score (nSPS) is 24.2. The highest BCUT2D eigenvalue weighted by Crippen LogP contribution is 2.23. The fraction of sp³-hybridized carbons (Fsp3) is 0.941. The second-order valence-corrected chi connectivity index (χ2v) is 7.13. The summed E-state index contributed by atoms with van der Waals surface area (Å²) >= 11 is 0. The van der Waals surface area contributed by atoms with Crippen molar-refractivity contribution in [3.63, 3.8) is 0 Å². The lowest BCUT2D eigenvalue weighted by molar-refractivity contribution is -0.126. The van der Waals surface area contributed by atoms with Crippen molar-refractivity contribution in [1.82, 2.24) is 15.1 Å². The number of hydrogen-bond donors (Lipinski definition) is 1. The Morgan fingerprint density at radius 3 is 2.43 bits per heavy atom. The Morgan fingerprint density at radius 1 is 1.19 bits per heavy atom. The van der Waals surface area contributed by atoms with E-state index in [0.29, 0.717) is 12.0 Å². The number of hydrogen-bond acceptors (Lipinski definition) is 3. The van der Waals surface area contributed by atoms with Gasteiger partial charge in [-0.05, 0) is 65.7 Å². The van der Waals surface area contributed by atoms with Gasteiger partial charge < -0.3 is 10.2 Å². The maximum Gasteiger partial charge on any atom is 0.237 e. The molecule has 1 unspecified atom stereocenters. The summed E-state index contributed by atoms with van der Waals surface area (Å²) in [6, 6.07) is 0.599. The van der Waals surface area contributed by atoms with Crippen LogP contribution in [0.25, 0.3) is 0 Å². The fourth-order valence-corrected chi connectivity index (χ4v) is 3.65. The molecule has 21 heavy (non-hydrogen) atoms. The van der Waals surface area contributed by atoms with E-state index >= 15 is 0 Å². The standard InChI is InChI=1S/C17H33N3O/c1-14(20(3)16-7-5-4-6-8-16)17(21)18-13-15-9-11-19(2)12-10-15/h14-16H,4-13H2,1-3H3,(H,18,21). The average molecular weight is 295 g/mol. The Kier molecular flexibility index (Phi) is 6.49. The quantitative estimate of drug-likeness (QED) is 0.844. The number of rotatable bonds is 5. The molecule has 1 aliphatic heterocycles. The summed E-state index contributed by atoms with van der Waals surface area (Å²) in [5.74, 6) is 0.874. The van der Waals surface area contributed by atoms with Crippen LogP contribution in [0.4, 0.5) is 0 Å². The Balaban J connectivity index is 1.71. The summed E-state index contributed by atoms with van der Waals surface area (Å²) in [7, 11) is 4.30. The zero-order valence-electron chi connectivity index (χ0n) is 14.1. The summed E-state index contributed by atoms with van der Waals surface area (Å²) in [6.07, 6.45) is 8.93. The van der Waals surface area contributed by atoms with E-state index in [4.69, 9.17) is 0 Å². The van der Waals surface area contributed by atoms with Crippen molar-refractivity contribution in [1.29, 1.82) is 0 Å². The van der Waals surface area contributed by atoms with Crippen molar-refractivity contribution in [3.8, 4) is 0 Å². The summed E-state index contributed by atoms with van der Waals surface area (Å²) in [5.41, 5.74) is 0. The van der Waals surface area contributed by atoms with E-state index in [1.807, 2.05) is 0 Å². The van der Waals surface area contributed by atoms with E-state index in [1.54, 1.807) is 0 Å². The van der Waals surface area contributed by atoms with E-state index in [-0.39, 0.29) is 11.9 Å². The van der Waals surface area contributed by atoms with Crippen LogP contribution in [0.1, 0.15) is 51.9 Å². The highest BCUT2D eigenvalue weighted by molar-refractivity contribution is 5.81. The van der Waals surface area contributed by atoms with Crippen molar-refractivity contribution in [2.75, 3.05) is 33.7 Å². The Hall–Kier alpha value is -0.610. The van der Waals surface area contributed by atoms with Crippen LogP contribution in [-0.4, -0.2) is 61.5 Å². The number of carbonyl (C=O) groups excluding carboxylic acids is 1. The lowest BCUT2D eigenvalue weighted by Crippen LogP contribution is -2.49. The van der Waals surface area contributed by atoms with Gasteiger partial charge in [0.1, 0.15) is 0 Å². The molecule has 2 aliphatic rings. The molecule has 0 aromatic carbocycles. The van der Waals surface area contributed by atoms with Gasteiger partial charge in [0.2, 0.25) is 5.91 Å². The molecular formula is C17H33N3O. The molecule has 1 saturated heterocycles. The molecule has 2 fully saturated rings. The second kappa shape index (κ2) is 8.14. The molecule has 1 atom stereocenters. The number of nitrogens with zero attached hydrogens (tertiary/aromatic N) is 2. The van der Waals surface area contributed by atoms with Crippen molar-refractivity contribution < 1.29 is 4.79 Å². The van der Waals surface area contributed by atoms with E-state index in [0.717, 1.165) is 19.6 Å². The number of piperidine rings is 1. The van der Waals surface area contributed by atoms with Crippen LogP contribution in [0.15, 0.2) is 0 Å². The molecule has 1 N–H and O–H groups in total. The van der Waals surface area contributed by atoms with Crippen molar-refractivity contribution in [2.24, 2.45) is 5.92 Å². The molecule has 122 valence electrons. The van der Waals surface area contributed by atoms with Crippen LogP contribution in [0, 0.1) is 5.92 Å². The van der Waals surface area contributed by atoms with Gasteiger partial charge in [-0.1, -0.05) is 19.3 Å². The molecular weight excluding hydrogens is 262 g/mol. The third-order valence-electron chi connectivity index (χ3n) is 5.54. The van der Waals surface area contributed by atoms with Gasteiger partial charge in [0.15, 0.2) is 0 Å². The van der Waals surface area contributed by atoms with Crippen LogP contribution in [0.5, 0.6) is 0 Å². The summed E-state index contributed by atoms with van der Waals surface area (Å²) < 4.78 is 0. The third kappa shape index (κ3) is 4.96. The van der Waals surface area contributed by atoms with Gasteiger partial charge in [0, 0.05) is 12.6 Å². The zero-order chi connectivity index (χ0) is 15.2. The van der Waals surface area contributed by atoms with Crippen LogP contribution in [0.3, 0.4) is 0 Å². The van der Waals surface area contributed by atoms with Crippen LogP contribution in [0.2, 0.25) is 0 Å². The predicted molar refractivity (Wildman–Crippen MR) is 87.3 cm³/mol. The predicted octanol–water partition coefficient (Wildman–Crippen LogP) is 2.10. The molecule has 1 saturated carbocycles.